The van der Waals surface area contributed by atoms with E-state index >= 15 is 0 Å². The predicted molar refractivity (Wildman–Crippen MR) is 91.2 cm³/mol. The van der Waals surface area contributed by atoms with Crippen molar-refractivity contribution in [2.24, 2.45) is 0 Å². The van der Waals surface area contributed by atoms with Crippen molar-refractivity contribution in [2.75, 3.05) is 6.54 Å². The maximum Gasteiger partial charge on any atom is 0.0949 e. The molecule has 1 aliphatic carbocycles. The molecule has 116 valence electrons. The van der Waals surface area contributed by atoms with E-state index in [1.165, 1.54) is 54.0 Å². The molecule has 2 N–H and O–H groups in total. The van der Waals surface area contributed by atoms with Gasteiger partial charge >= 0.3 is 0 Å². The van der Waals surface area contributed by atoms with Crippen molar-refractivity contribution in [1.82, 2.24) is 5.32 Å². The summed E-state index contributed by atoms with van der Waals surface area (Å²) < 4.78 is 0. The Balaban J connectivity index is 1.82. The summed E-state index contributed by atoms with van der Waals surface area (Å²) in [6.07, 6.45) is 8.06. The van der Waals surface area contributed by atoms with Crippen molar-refractivity contribution in [3.63, 3.8) is 0 Å². The fourth-order valence-corrected chi connectivity index (χ4v) is 4.27. The lowest BCUT2D eigenvalue weighted by Crippen LogP contribution is -2.38. The zero-order valence-corrected chi connectivity index (χ0v) is 13.1. The third-order valence-corrected chi connectivity index (χ3v) is 5.45. The first kappa shape index (κ1) is 14.2. The molecular weight excluding hydrogens is 270 g/mol. The number of piperidine rings is 1. The first-order valence-corrected chi connectivity index (χ1v) is 8.79. The molecule has 0 spiro atoms. The van der Waals surface area contributed by atoms with Crippen molar-refractivity contribution in [1.29, 1.82) is 0 Å². The number of nitrogens with one attached hydrogen (secondary N) is 1. The molecule has 22 heavy (non-hydrogen) atoms. The van der Waals surface area contributed by atoms with Crippen LogP contribution in [0.2, 0.25) is 0 Å². The molecule has 0 bridgehead atoms. The second-order valence-corrected chi connectivity index (χ2v) is 6.86. The van der Waals surface area contributed by atoms with Crippen LogP contribution in [-0.4, -0.2) is 17.7 Å². The number of aliphatic hydroxyl groups is 1. The van der Waals surface area contributed by atoms with Gasteiger partial charge < -0.3 is 10.4 Å². The molecule has 0 radical (unpaired) electrons. The minimum absolute atomic E-state index is 0.207. The largest absolute Gasteiger partial charge is 0.387 e. The highest BCUT2D eigenvalue weighted by atomic mass is 16.3. The maximum absolute atomic E-state index is 11.0. The van der Waals surface area contributed by atoms with E-state index in [2.05, 4.69) is 35.6 Å². The summed E-state index contributed by atoms with van der Waals surface area (Å²) in [5.74, 6) is 0. The van der Waals surface area contributed by atoms with Gasteiger partial charge in [0.2, 0.25) is 0 Å². The van der Waals surface area contributed by atoms with Crippen molar-refractivity contribution in [2.45, 2.75) is 57.1 Å². The normalized spacial score (nSPS) is 23.2. The third kappa shape index (κ3) is 2.45. The van der Waals surface area contributed by atoms with Gasteiger partial charge in [0.15, 0.2) is 0 Å². The van der Waals surface area contributed by atoms with Crippen molar-refractivity contribution < 1.29 is 5.11 Å². The van der Waals surface area contributed by atoms with E-state index < -0.39 is 6.10 Å². The fourth-order valence-electron chi connectivity index (χ4n) is 4.27. The Morgan fingerprint density at radius 2 is 1.82 bits per heavy atom. The molecule has 1 aliphatic heterocycles. The molecule has 2 nitrogen and oxygen atoms in total. The average Bonchev–Trinajstić information content (AvgIpc) is 2.61. The maximum atomic E-state index is 11.0. The topological polar surface area (TPSA) is 32.3 Å². The van der Waals surface area contributed by atoms with Gasteiger partial charge in [-0.25, -0.2) is 0 Å². The number of fused-ring (bicyclic) bond motifs is 3. The Labute approximate surface area is 132 Å². The summed E-state index contributed by atoms with van der Waals surface area (Å²) in [6, 6.07) is 11.2. The summed E-state index contributed by atoms with van der Waals surface area (Å²) in [6.45, 7) is 1.03. The predicted octanol–water partition coefficient (Wildman–Crippen LogP) is 3.89. The van der Waals surface area contributed by atoms with Crippen LogP contribution in [0.4, 0.5) is 0 Å². The minimum atomic E-state index is -0.391. The van der Waals surface area contributed by atoms with Crippen molar-refractivity contribution in [3.05, 3.63) is 47.0 Å². The molecule has 2 aromatic carbocycles. The third-order valence-electron chi connectivity index (χ3n) is 5.45. The zero-order valence-electron chi connectivity index (χ0n) is 13.1. The molecule has 1 fully saturated rings. The van der Waals surface area contributed by atoms with Crippen LogP contribution >= 0.6 is 0 Å². The lowest BCUT2D eigenvalue weighted by atomic mass is 9.83. The first-order valence-electron chi connectivity index (χ1n) is 8.79. The van der Waals surface area contributed by atoms with Crippen molar-refractivity contribution in [3.8, 4) is 0 Å². The molecule has 0 saturated carbocycles. The average molecular weight is 295 g/mol. The van der Waals surface area contributed by atoms with Gasteiger partial charge in [0.25, 0.3) is 0 Å². The van der Waals surface area contributed by atoms with E-state index in [9.17, 15) is 5.11 Å². The number of aryl methyl sites for hydroxylation is 2. The Bertz CT molecular complexity index is 673. The molecule has 2 aromatic rings. The monoisotopic (exact) mass is 295 g/mol. The summed E-state index contributed by atoms with van der Waals surface area (Å²) >= 11 is 0. The molecule has 2 atom stereocenters. The van der Waals surface area contributed by atoms with E-state index in [-0.39, 0.29) is 6.04 Å². The van der Waals surface area contributed by atoms with Gasteiger partial charge in [-0.05, 0) is 72.5 Å². The second kappa shape index (κ2) is 6.02. The summed E-state index contributed by atoms with van der Waals surface area (Å²) in [7, 11) is 0. The zero-order chi connectivity index (χ0) is 14.9. The summed E-state index contributed by atoms with van der Waals surface area (Å²) in [4.78, 5) is 0. The van der Waals surface area contributed by atoms with Crippen LogP contribution in [0.15, 0.2) is 30.3 Å². The van der Waals surface area contributed by atoms with Gasteiger partial charge in [0.1, 0.15) is 0 Å². The molecule has 1 saturated heterocycles. The van der Waals surface area contributed by atoms with E-state index in [1.54, 1.807) is 0 Å². The molecule has 1 heterocycles. The second-order valence-electron chi connectivity index (χ2n) is 6.86. The van der Waals surface area contributed by atoms with Crippen molar-refractivity contribution >= 4 is 10.8 Å². The quantitative estimate of drug-likeness (QED) is 0.881. The molecule has 2 unspecified atom stereocenters. The van der Waals surface area contributed by atoms with E-state index in [0.29, 0.717) is 0 Å². The number of hydrogen-bond acceptors (Lipinski definition) is 2. The molecular formula is C20H25NO. The number of hydrogen-bond donors (Lipinski definition) is 2. The lowest BCUT2D eigenvalue weighted by molar-refractivity contribution is 0.115. The van der Waals surface area contributed by atoms with Crippen LogP contribution in [0.1, 0.15) is 54.9 Å². The highest BCUT2D eigenvalue weighted by molar-refractivity contribution is 5.90. The van der Waals surface area contributed by atoms with Crippen LogP contribution < -0.4 is 5.32 Å². The van der Waals surface area contributed by atoms with Gasteiger partial charge in [0, 0.05) is 6.04 Å². The Morgan fingerprint density at radius 3 is 2.64 bits per heavy atom. The SMILES string of the molecule is OC(c1cc2c(c3ccccc13)CCCC2)C1CCCCN1. The summed E-state index contributed by atoms with van der Waals surface area (Å²) in [5, 5.41) is 17.1. The number of aliphatic hydroxyl groups excluding tert-OH is 1. The van der Waals surface area contributed by atoms with Crippen LogP contribution in [0.5, 0.6) is 0 Å². The van der Waals surface area contributed by atoms with Gasteiger partial charge in [-0.3, -0.25) is 0 Å². The van der Waals surface area contributed by atoms with E-state index in [4.69, 9.17) is 0 Å². The Morgan fingerprint density at radius 1 is 1.00 bits per heavy atom. The van der Waals surface area contributed by atoms with Gasteiger partial charge in [-0.1, -0.05) is 36.8 Å². The van der Waals surface area contributed by atoms with Gasteiger partial charge in [0.05, 0.1) is 6.10 Å². The smallest absolute Gasteiger partial charge is 0.0949 e. The minimum Gasteiger partial charge on any atom is -0.387 e. The molecule has 0 aromatic heterocycles. The molecule has 2 heteroatoms. The standard InChI is InChI=1S/C20H25NO/c22-20(19-11-5-6-12-21-19)18-13-14-7-1-2-8-15(14)16-9-3-4-10-17(16)18/h3-4,9-10,13,19-22H,1-2,5-8,11-12H2. The lowest BCUT2D eigenvalue weighted by Gasteiger charge is -2.30. The molecule has 4 rings (SSSR count). The van der Waals surface area contributed by atoms with Crippen LogP contribution in [0.3, 0.4) is 0 Å². The van der Waals surface area contributed by atoms with Crippen LogP contribution in [-0.2, 0) is 12.8 Å². The number of benzene rings is 2. The van der Waals surface area contributed by atoms with E-state index in [0.717, 1.165) is 24.9 Å². The Kier molecular flexibility index (Phi) is 3.89. The molecule has 0 amide bonds. The van der Waals surface area contributed by atoms with Crippen LogP contribution in [0.25, 0.3) is 10.8 Å². The van der Waals surface area contributed by atoms with Crippen LogP contribution in [0, 0.1) is 0 Å². The van der Waals surface area contributed by atoms with Gasteiger partial charge in [-0.2, -0.15) is 0 Å². The fraction of sp³-hybridized carbons (Fsp3) is 0.500. The summed E-state index contributed by atoms with van der Waals surface area (Å²) in [5.41, 5.74) is 4.12. The molecule has 2 aliphatic rings. The van der Waals surface area contributed by atoms with E-state index in [1.807, 2.05) is 0 Å². The highest BCUT2D eigenvalue weighted by Crippen LogP contribution is 2.36. The van der Waals surface area contributed by atoms with Gasteiger partial charge in [-0.15, -0.1) is 0 Å². The first-order chi connectivity index (χ1) is 10.8. The number of rotatable bonds is 2. The Hall–Kier alpha value is -1.38. The highest BCUT2D eigenvalue weighted by Gasteiger charge is 2.26.